The number of hydrogen-bond donors (Lipinski definition) is 0. The number of ether oxygens (including phenoxy) is 1. The van der Waals surface area contributed by atoms with Crippen LogP contribution in [-0.4, -0.2) is 84.0 Å². The molecule has 0 N–H and O–H groups in total. The van der Waals surface area contributed by atoms with E-state index in [1.807, 2.05) is 17.7 Å². The van der Waals surface area contributed by atoms with Crippen LogP contribution in [-0.2, 0) is 16.1 Å². The number of amides is 3. The number of amidine groups is 1. The van der Waals surface area contributed by atoms with E-state index in [-0.39, 0.29) is 11.9 Å². The van der Waals surface area contributed by atoms with Crippen LogP contribution in [0.15, 0.2) is 11.2 Å². The fourth-order valence-corrected chi connectivity index (χ4v) is 3.65. The van der Waals surface area contributed by atoms with Crippen molar-refractivity contribution in [2.75, 3.05) is 46.9 Å². The van der Waals surface area contributed by atoms with Gasteiger partial charge in [-0.3, -0.25) is 19.5 Å². The van der Waals surface area contributed by atoms with Crippen molar-refractivity contribution in [3.63, 3.8) is 0 Å². The topological polar surface area (TPSA) is 74.3 Å². The molecule has 0 aliphatic carbocycles. The highest BCUT2D eigenvalue weighted by Crippen LogP contribution is 2.28. The summed E-state index contributed by atoms with van der Waals surface area (Å²) in [6, 6.07) is -0.895. The number of carbonyl (C=O) groups excluding carboxylic acids is 2. The molecule has 1 aromatic rings. The van der Waals surface area contributed by atoms with Crippen LogP contribution in [0.3, 0.4) is 0 Å². The molecule has 4 rings (SSSR count). The molecule has 0 bridgehead atoms. The number of aliphatic imine (C=N–C) groups is 1. The molecular weight excluding hydrogens is 324 g/mol. The minimum absolute atomic E-state index is 0.240. The average molecular weight is 347 g/mol. The molecule has 134 valence electrons. The van der Waals surface area contributed by atoms with E-state index in [1.54, 1.807) is 7.05 Å². The van der Waals surface area contributed by atoms with Crippen molar-refractivity contribution in [2.24, 2.45) is 4.99 Å². The van der Waals surface area contributed by atoms with Crippen LogP contribution in [0.4, 0.5) is 10.7 Å². The average Bonchev–Trinajstić information content (AvgIpc) is 3.12. The lowest BCUT2D eigenvalue weighted by Crippen LogP contribution is -2.61. The number of nitrogens with zero attached hydrogens (tertiary/aromatic N) is 6. The molecule has 0 radical (unpaired) electrons. The maximum absolute atomic E-state index is 12.6. The van der Waals surface area contributed by atoms with Crippen molar-refractivity contribution < 1.29 is 18.9 Å². The zero-order valence-electron chi connectivity index (χ0n) is 14.8. The summed E-state index contributed by atoms with van der Waals surface area (Å²) in [6.45, 7) is 7.14. The number of rotatable bonds is 3. The molecule has 0 saturated carbocycles. The van der Waals surface area contributed by atoms with Gasteiger partial charge in [0.1, 0.15) is 11.9 Å². The van der Waals surface area contributed by atoms with Gasteiger partial charge in [0.05, 0.1) is 19.8 Å². The summed E-state index contributed by atoms with van der Waals surface area (Å²) >= 11 is 0. The second kappa shape index (κ2) is 5.92. The third-order valence-corrected chi connectivity index (χ3v) is 5.19. The fourth-order valence-electron chi connectivity index (χ4n) is 3.65. The summed E-state index contributed by atoms with van der Waals surface area (Å²) in [7, 11) is 3.17. The maximum Gasteiger partial charge on any atom is 0.401 e. The molecule has 25 heavy (non-hydrogen) atoms. The zero-order valence-corrected chi connectivity index (χ0v) is 14.8. The van der Waals surface area contributed by atoms with E-state index in [0.29, 0.717) is 5.84 Å². The van der Waals surface area contributed by atoms with Crippen LogP contribution >= 0.6 is 0 Å². The van der Waals surface area contributed by atoms with E-state index in [9.17, 15) is 9.59 Å². The van der Waals surface area contributed by atoms with E-state index in [0.717, 1.165) is 55.9 Å². The van der Waals surface area contributed by atoms with Gasteiger partial charge in [-0.2, -0.15) is 0 Å². The molecule has 9 nitrogen and oxygen atoms in total. The number of urea groups is 1. The lowest BCUT2D eigenvalue weighted by Gasteiger charge is -2.30. The van der Waals surface area contributed by atoms with Crippen LogP contribution < -0.4 is 4.57 Å². The standard InChI is InChI=1S/C16H23N6O3/c1-11-10-22-12-13(18(2)16(24)19(3)14(12)23)17-15(22)21(11)5-4-20-6-8-25-9-7-20/h10,12H,4-9H2,1-3H3/q+1. The Hall–Kier alpha value is -2.26. The number of aromatic nitrogens is 2. The Balaban J connectivity index is 1.62. The Morgan fingerprint density at radius 2 is 1.92 bits per heavy atom. The summed E-state index contributed by atoms with van der Waals surface area (Å²) in [6.07, 6.45) is 1.95. The van der Waals surface area contributed by atoms with Gasteiger partial charge in [-0.15, -0.1) is 0 Å². The molecule has 1 aromatic heterocycles. The van der Waals surface area contributed by atoms with Crippen LogP contribution in [0, 0.1) is 6.92 Å². The van der Waals surface area contributed by atoms with Crippen LogP contribution in [0.5, 0.6) is 0 Å². The number of likely N-dealkylation sites (N-methyl/N-ethyl adjacent to an activating group) is 2. The Kier molecular flexibility index (Phi) is 3.84. The number of aryl methyl sites for hydroxylation is 1. The Labute approximate surface area is 146 Å². The van der Waals surface area contributed by atoms with Crippen LogP contribution in [0.2, 0.25) is 0 Å². The molecule has 3 aliphatic heterocycles. The summed E-state index contributed by atoms with van der Waals surface area (Å²) in [5.74, 6) is 0.994. The molecule has 0 aromatic carbocycles. The van der Waals surface area contributed by atoms with Gasteiger partial charge in [-0.05, 0) is 6.92 Å². The second-order valence-electron chi connectivity index (χ2n) is 6.69. The Bertz CT molecular complexity index is 764. The predicted molar refractivity (Wildman–Crippen MR) is 88.7 cm³/mol. The predicted octanol–water partition coefficient (Wildman–Crippen LogP) is -0.475. The number of imide groups is 1. The molecular formula is C16H23N6O3+. The van der Waals surface area contributed by atoms with Crippen molar-refractivity contribution in [2.45, 2.75) is 19.5 Å². The second-order valence-corrected chi connectivity index (χ2v) is 6.69. The van der Waals surface area contributed by atoms with Crippen molar-refractivity contribution in [1.29, 1.82) is 0 Å². The highest BCUT2D eigenvalue weighted by Gasteiger charge is 2.52. The first-order chi connectivity index (χ1) is 12.0. The smallest absolute Gasteiger partial charge is 0.379 e. The molecule has 1 atom stereocenters. The van der Waals surface area contributed by atoms with Crippen molar-refractivity contribution in [3.8, 4) is 0 Å². The number of morpholine rings is 1. The third kappa shape index (κ3) is 2.46. The zero-order chi connectivity index (χ0) is 17.7. The minimum Gasteiger partial charge on any atom is -0.379 e. The number of carbonyl (C=O) groups is 2. The first kappa shape index (κ1) is 16.2. The van der Waals surface area contributed by atoms with E-state index in [1.165, 1.54) is 11.9 Å². The van der Waals surface area contributed by atoms with E-state index in [2.05, 4.69) is 14.5 Å². The lowest BCUT2D eigenvalue weighted by atomic mass is 10.2. The van der Waals surface area contributed by atoms with E-state index >= 15 is 0 Å². The number of fused-ring (bicyclic) bond motifs is 3. The van der Waals surface area contributed by atoms with Gasteiger partial charge in [0.2, 0.25) is 11.9 Å². The number of hydrogen-bond acceptors (Lipinski definition) is 5. The summed E-state index contributed by atoms with van der Waals surface area (Å²) in [5.41, 5.74) is 1.06. The highest BCUT2D eigenvalue weighted by molar-refractivity contribution is 6.18. The molecule has 3 amide bonds. The minimum atomic E-state index is -0.550. The molecule has 2 saturated heterocycles. The van der Waals surface area contributed by atoms with Gasteiger partial charge in [0, 0.05) is 33.7 Å². The highest BCUT2D eigenvalue weighted by atomic mass is 16.5. The van der Waals surface area contributed by atoms with Crippen molar-refractivity contribution in [1.82, 2.24) is 19.3 Å². The SMILES string of the molecule is Cc1c[n+]2c(n1CCN1CCOCC1)N=C1C2C(=O)N(C)C(=O)N1C. The van der Waals surface area contributed by atoms with Gasteiger partial charge in [0.15, 0.2) is 0 Å². The van der Waals surface area contributed by atoms with Crippen LogP contribution in [0.1, 0.15) is 11.7 Å². The van der Waals surface area contributed by atoms with Crippen LogP contribution in [0.25, 0.3) is 0 Å². The molecule has 0 spiro atoms. The molecule has 9 heteroatoms. The van der Waals surface area contributed by atoms with Gasteiger partial charge in [-0.1, -0.05) is 4.99 Å². The summed E-state index contributed by atoms with van der Waals surface area (Å²) in [5, 5.41) is 0. The lowest BCUT2D eigenvalue weighted by molar-refractivity contribution is -0.677. The van der Waals surface area contributed by atoms with E-state index in [4.69, 9.17) is 4.74 Å². The molecule has 1 unspecified atom stereocenters. The van der Waals surface area contributed by atoms with Crippen molar-refractivity contribution >= 4 is 23.7 Å². The van der Waals surface area contributed by atoms with Gasteiger partial charge in [-0.25, -0.2) is 13.9 Å². The van der Waals surface area contributed by atoms with Gasteiger partial charge >= 0.3 is 12.0 Å². The first-order valence-electron chi connectivity index (χ1n) is 8.54. The monoisotopic (exact) mass is 347 g/mol. The first-order valence-corrected chi connectivity index (χ1v) is 8.54. The number of imidazole rings is 1. The third-order valence-electron chi connectivity index (χ3n) is 5.19. The maximum atomic E-state index is 12.6. The quantitative estimate of drug-likeness (QED) is 0.693. The largest absolute Gasteiger partial charge is 0.401 e. The Morgan fingerprint density at radius 1 is 1.20 bits per heavy atom. The van der Waals surface area contributed by atoms with E-state index < -0.39 is 6.04 Å². The molecule has 3 aliphatic rings. The molecule has 4 heterocycles. The van der Waals surface area contributed by atoms with Crippen molar-refractivity contribution in [3.05, 3.63) is 11.9 Å². The van der Waals surface area contributed by atoms with Gasteiger partial charge < -0.3 is 4.74 Å². The normalized spacial score (nSPS) is 23.8. The fraction of sp³-hybridized carbons (Fsp3) is 0.625. The molecule has 2 fully saturated rings. The Morgan fingerprint density at radius 3 is 2.64 bits per heavy atom. The van der Waals surface area contributed by atoms with Gasteiger partial charge in [0.25, 0.3) is 5.91 Å². The summed E-state index contributed by atoms with van der Waals surface area (Å²) < 4.78 is 9.39. The summed E-state index contributed by atoms with van der Waals surface area (Å²) in [4.78, 5) is 34.4.